The zero-order valence-electron chi connectivity index (χ0n) is 13.2. The topological polar surface area (TPSA) is 58.6 Å². The fraction of sp³-hybridized carbons (Fsp3) is 0.857. The third-order valence-electron chi connectivity index (χ3n) is 2.97. The predicted molar refractivity (Wildman–Crippen MR) is 75.9 cm³/mol. The van der Waals surface area contributed by atoms with Crippen molar-refractivity contribution in [3.8, 4) is 0 Å². The van der Waals surface area contributed by atoms with E-state index >= 15 is 0 Å². The number of hydrogen-bond acceptors (Lipinski definition) is 3. The molecule has 0 bridgehead atoms. The van der Waals surface area contributed by atoms with Gasteiger partial charge in [0.15, 0.2) is 0 Å². The van der Waals surface area contributed by atoms with Gasteiger partial charge in [-0.15, -0.1) is 0 Å². The zero-order chi connectivity index (χ0) is 15.2. The molecule has 0 aliphatic heterocycles. The van der Waals surface area contributed by atoms with E-state index in [2.05, 4.69) is 5.32 Å². The number of ether oxygens (including phenoxy) is 1. The monoisotopic (exact) mass is 272 g/mol. The number of nitrogens with zero attached hydrogens (tertiary/aromatic N) is 1. The molecule has 5 nitrogen and oxygen atoms in total. The normalized spacial score (nSPS) is 14.5. The number of amides is 2. The maximum atomic E-state index is 12.2. The van der Waals surface area contributed by atoms with E-state index in [9.17, 15) is 9.59 Å². The van der Waals surface area contributed by atoms with Crippen LogP contribution in [0.5, 0.6) is 0 Å². The molecular weight excluding hydrogens is 244 g/mol. The highest BCUT2D eigenvalue weighted by Crippen LogP contribution is 2.15. The van der Waals surface area contributed by atoms with Crippen LogP contribution in [-0.4, -0.2) is 42.1 Å². The Hall–Kier alpha value is -1.26. The number of carbonyl (C=O) groups is 2. The Labute approximate surface area is 116 Å². The minimum atomic E-state index is -0.606. The third-order valence-corrected chi connectivity index (χ3v) is 2.97. The van der Waals surface area contributed by atoms with Gasteiger partial charge in [0.05, 0.1) is 0 Å². The van der Waals surface area contributed by atoms with Crippen LogP contribution >= 0.6 is 0 Å². The first kappa shape index (κ1) is 17.7. The lowest BCUT2D eigenvalue weighted by Crippen LogP contribution is -2.51. The molecule has 0 aromatic heterocycles. The molecule has 5 heteroatoms. The summed E-state index contributed by atoms with van der Waals surface area (Å²) in [6.45, 7) is 11.8. The molecule has 0 radical (unpaired) electrons. The van der Waals surface area contributed by atoms with Crippen molar-refractivity contribution in [1.82, 2.24) is 10.2 Å². The highest BCUT2D eigenvalue weighted by atomic mass is 16.6. The van der Waals surface area contributed by atoms with Crippen molar-refractivity contribution in [3.63, 3.8) is 0 Å². The number of rotatable bonds is 5. The Morgan fingerprint density at radius 2 is 1.79 bits per heavy atom. The van der Waals surface area contributed by atoms with Crippen molar-refractivity contribution in [2.75, 3.05) is 13.6 Å². The fourth-order valence-corrected chi connectivity index (χ4v) is 1.42. The van der Waals surface area contributed by atoms with Crippen molar-refractivity contribution < 1.29 is 14.3 Å². The lowest BCUT2D eigenvalue weighted by atomic mass is 9.99. The SMILES string of the molecule is CC[C@H](C)[C@H](NC(=O)N(C)CC)C(=O)OC(C)(C)C. The van der Waals surface area contributed by atoms with Crippen LogP contribution in [0.15, 0.2) is 0 Å². The van der Waals surface area contributed by atoms with Crippen LogP contribution in [0.2, 0.25) is 0 Å². The third kappa shape index (κ3) is 6.45. The van der Waals surface area contributed by atoms with Gasteiger partial charge < -0.3 is 15.0 Å². The minimum Gasteiger partial charge on any atom is -0.458 e. The smallest absolute Gasteiger partial charge is 0.329 e. The fourth-order valence-electron chi connectivity index (χ4n) is 1.42. The first-order valence-corrected chi connectivity index (χ1v) is 6.86. The van der Waals surface area contributed by atoms with Gasteiger partial charge in [-0.25, -0.2) is 9.59 Å². The minimum absolute atomic E-state index is 0.0315. The molecule has 0 rings (SSSR count). The lowest BCUT2D eigenvalue weighted by Gasteiger charge is -2.28. The van der Waals surface area contributed by atoms with Crippen molar-refractivity contribution in [2.24, 2.45) is 5.92 Å². The maximum absolute atomic E-state index is 12.2. The van der Waals surface area contributed by atoms with Crippen LogP contribution in [0.3, 0.4) is 0 Å². The number of nitrogens with one attached hydrogen (secondary N) is 1. The molecule has 0 saturated carbocycles. The second-order valence-corrected chi connectivity index (χ2v) is 5.86. The Bertz CT molecular complexity index is 310. The van der Waals surface area contributed by atoms with E-state index in [1.54, 1.807) is 7.05 Å². The Balaban J connectivity index is 4.82. The maximum Gasteiger partial charge on any atom is 0.329 e. The number of hydrogen-bond donors (Lipinski definition) is 1. The Kier molecular flexibility index (Phi) is 6.87. The molecule has 2 atom stereocenters. The molecule has 2 amide bonds. The van der Waals surface area contributed by atoms with E-state index in [0.717, 1.165) is 6.42 Å². The van der Waals surface area contributed by atoms with Gasteiger partial charge >= 0.3 is 12.0 Å². The van der Waals surface area contributed by atoms with E-state index in [0.29, 0.717) is 6.54 Å². The van der Waals surface area contributed by atoms with E-state index in [1.165, 1.54) is 4.90 Å². The predicted octanol–water partition coefficient (Wildman–Crippen LogP) is 2.40. The lowest BCUT2D eigenvalue weighted by molar-refractivity contribution is -0.158. The molecule has 0 aromatic carbocycles. The van der Waals surface area contributed by atoms with Gasteiger partial charge in [-0.1, -0.05) is 20.3 Å². The van der Waals surface area contributed by atoms with Gasteiger partial charge in [-0.3, -0.25) is 0 Å². The summed E-state index contributed by atoms with van der Waals surface area (Å²) in [6.07, 6.45) is 0.792. The molecule has 0 aliphatic rings. The zero-order valence-corrected chi connectivity index (χ0v) is 13.2. The van der Waals surface area contributed by atoms with Crippen LogP contribution in [0.25, 0.3) is 0 Å². The van der Waals surface area contributed by atoms with Gasteiger partial charge in [-0.05, 0) is 33.6 Å². The van der Waals surface area contributed by atoms with Gasteiger partial charge in [0.1, 0.15) is 11.6 Å². The van der Waals surface area contributed by atoms with Crippen LogP contribution < -0.4 is 5.32 Å². The molecular formula is C14H28N2O3. The van der Waals surface area contributed by atoms with Crippen molar-refractivity contribution in [3.05, 3.63) is 0 Å². The summed E-state index contributed by atoms with van der Waals surface area (Å²) in [4.78, 5) is 25.6. The van der Waals surface area contributed by atoms with Crippen molar-refractivity contribution >= 4 is 12.0 Å². The average molecular weight is 272 g/mol. The first-order valence-electron chi connectivity index (χ1n) is 6.86. The molecule has 19 heavy (non-hydrogen) atoms. The molecule has 112 valence electrons. The van der Waals surface area contributed by atoms with Crippen LogP contribution in [0.4, 0.5) is 4.79 Å². The van der Waals surface area contributed by atoms with E-state index in [4.69, 9.17) is 4.74 Å². The van der Waals surface area contributed by atoms with Crippen LogP contribution in [0, 0.1) is 5.92 Å². The number of urea groups is 1. The standard InChI is InChI=1S/C14H28N2O3/c1-8-10(3)11(12(17)19-14(4,5)6)15-13(18)16(7)9-2/h10-11H,8-9H2,1-7H3,(H,15,18)/t10-,11-/m0/s1. The average Bonchev–Trinajstić information content (AvgIpc) is 2.31. The summed E-state index contributed by atoms with van der Waals surface area (Å²) in [5.41, 5.74) is -0.551. The summed E-state index contributed by atoms with van der Waals surface area (Å²) >= 11 is 0. The van der Waals surface area contributed by atoms with Gasteiger partial charge in [0.25, 0.3) is 0 Å². The second-order valence-electron chi connectivity index (χ2n) is 5.86. The highest BCUT2D eigenvalue weighted by Gasteiger charge is 2.30. The van der Waals surface area contributed by atoms with Crippen LogP contribution in [-0.2, 0) is 9.53 Å². The van der Waals surface area contributed by atoms with Crippen molar-refractivity contribution in [1.29, 1.82) is 0 Å². The second kappa shape index (κ2) is 7.36. The van der Waals surface area contributed by atoms with E-state index in [-0.39, 0.29) is 17.9 Å². The summed E-state index contributed by atoms with van der Waals surface area (Å²) in [6, 6.07) is -0.857. The molecule has 0 fully saturated rings. The molecule has 0 aromatic rings. The van der Waals surface area contributed by atoms with Gasteiger partial charge in [0.2, 0.25) is 0 Å². The first-order chi connectivity index (χ1) is 8.62. The largest absolute Gasteiger partial charge is 0.458 e. The number of esters is 1. The molecule has 0 saturated heterocycles. The molecule has 0 spiro atoms. The summed E-state index contributed by atoms with van der Waals surface area (Å²) in [7, 11) is 1.69. The highest BCUT2D eigenvalue weighted by molar-refractivity contribution is 5.84. The summed E-state index contributed by atoms with van der Waals surface area (Å²) < 4.78 is 5.36. The Morgan fingerprint density at radius 1 is 1.26 bits per heavy atom. The summed E-state index contributed by atoms with van der Waals surface area (Å²) in [5, 5.41) is 2.75. The molecule has 0 aliphatic carbocycles. The van der Waals surface area contributed by atoms with Gasteiger partial charge in [-0.2, -0.15) is 0 Å². The Morgan fingerprint density at radius 3 is 2.16 bits per heavy atom. The summed E-state index contributed by atoms with van der Waals surface area (Å²) in [5.74, 6) is -0.344. The van der Waals surface area contributed by atoms with E-state index < -0.39 is 11.6 Å². The molecule has 0 heterocycles. The molecule has 1 N–H and O–H groups in total. The molecule has 0 unspecified atom stereocenters. The quantitative estimate of drug-likeness (QED) is 0.782. The van der Waals surface area contributed by atoms with Gasteiger partial charge in [0, 0.05) is 13.6 Å². The van der Waals surface area contributed by atoms with Crippen molar-refractivity contribution in [2.45, 2.75) is 59.6 Å². The van der Waals surface area contributed by atoms with Crippen LogP contribution in [0.1, 0.15) is 48.0 Å². The van der Waals surface area contributed by atoms with E-state index in [1.807, 2.05) is 41.5 Å². The number of carbonyl (C=O) groups excluding carboxylic acids is 2.